The van der Waals surface area contributed by atoms with Crippen LogP contribution in [0.3, 0.4) is 0 Å². The van der Waals surface area contributed by atoms with Crippen LogP contribution in [0, 0.1) is 11.8 Å². The molecular weight excluding hydrogens is 262 g/mol. The molecule has 0 aliphatic heterocycles. The van der Waals surface area contributed by atoms with Gasteiger partial charge in [-0.15, -0.1) is 0 Å². The predicted octanol–water partition coefficient (Wildman–Crippen LogP) is 4.02. The van der Waals surface area contributed by atoms with Gasteiger partial charge in [-0.25, -0.2) is 4.79 Å². The van der Waals surface area contributed by atoms with Crippen LogP contribution in [0.2, 0.25) is 0 Å². The summed E-state index contributed by atoms with van der Waals surface area (Å²) in [5, 5.41) is 3.37. The van der Waals surface area contributed by atoms with Crippen molar-refractivity contribution in [3.05, 3.63) is 42.0 Å². The van der Waals surface area contributed by atoms with Gasteiger partial charge in [0.25, 0.3) is 0 Å². The number of anilines is 1. The fourth-order valence-electron chi connectivity index (χ4n) is 3.17. The number of rotatable bonds is 5. The standard InChI is InChI=1S/C18H25NO2/c1-4-21-18(20)17(19-16-8-6-5-7-9-16)15-11-13(2)10-14(3)12-15/h5-10,13,15,17,19H,4,11-12H2,1-3H3. The van der Waals surface area contributed by atoms with Gasteiger partial charge >= 0.3 is 5.97 Å². The monoisotopic (exact) mass is 287 g/mol. The zero-order chi connectivity index (χ0) is 15.2. The van der Waals surface area contributed by atoms with Crippen LogP contribution in [-0.4, -0.2) is 18.6 Å². The Balaban J connectivity index is 2.16. The SMILES string of the molecule is CCOC(=O)C(Nc1ccccc1)C1CC(C)=CC(C)C1. The lowest BCUT2D eigenvalue weighted by molar-refractivity contribution is -0.145. The van der Waals surface area contributed by atoms with E-state index in [2.05, 4.69) is 25.2 Å². The summed E-state index contributed by atoms with van der Waals surface area (Å²) in [7, 11) is 0. The summed E-state index contributed by atoms with van der Waals surface area (Å²) in [5.74, 6) is 0.649. The van der Waals surface area contributed by atoms with Crippen molar-refractivity contribution in [1.29, 1.82) is 0 Å². The molecule has 3 heteroatoms. The molecule has 0 spiro atoms. The lowest BCUT2D eigenvalue weighted by atomic mass is 9.79. The van der Waals surface area contributed by atoms with Gasteiger partial charge in [0.05, 0.1) is 6.61 Å². The molecule has 1 aliphatic rings. The fraction of sp³-hybridized carbons (Fsp3) is 0.500. The first kappa shape index (κ1) is 15.6. The highest BCUT2D eigenvalue weighted by molar-refractivity contribution is 5.79. The van der Waals surface area contributed by atoms with Crippen LogP contribution in [0.15, 0.2) is 42.0 Å². The number of allylic oxidation sites excluding steroid dienone is 2. The highest BCUT2D eigenvalue weighted by Gasteiger charge is 2.32. The Morgan fingerprint density at radius 2 is 2.10 bits per heavy atom. The van der Waals surface area contributed by atoms with Crippen LogP contribution >= 0.6 is 0 Å². The molecule has 1 aromatic rings. The van der Waals surface area contributed by atoms with E-state index in [1.165, 1.54) is 5.57 Å². The second kappa shape index (κ2) is 7.30. The van der Waals surface area contributed by atoms with E-state index in [0.717, 1.165) is 18.5 Å². The molecule has 0 saturated heterocycles. The average Bonchev–Trinajstić information content (AvgIpc) is 2.45. The third-order valence-electron chi connectivity index (χ3n) is 3.94. The van der Waals surface area contributed by atoms with Crippen molar-refractivity contribution >= 4 is 11.7 Å². The van der Waals surface area contributed by atoms with Crippen molar-refractivity contribution in [1.82, 2.24) is 0 Å². The Labute approximate surface area is 127 Å². The number of para-hydroxylation sites is 1. The minimum atomic E-state index is -0.279. The smallest absolute Gasteiger partial charge is 0.328 e. The van der Waals surface area contributed by atoms with E-state index in [4.69, 9.17) is 4.74 Å². The van der Waals surface area contributed by atoms with Gasteiger partial charge in [-0.3, -0.25) is 0 Å². The summed E-state index contributed by atoms with van der Waals surface area (Å²) in [6, 6.07) is 9.61. The van der Waals surface area contributed by atoms with Crippen LogP contribution < -0.4 is 5.32 Å². The topological polar surface area (TPSA) is 38.3 Å². The predicted molar refractivity (Wildman–Crippen MR) is 86.1 cm³/mol. The first-order chi connectivity index (χ1) is 10.1. The first-order valence-electron chi connectivity index (χ1n) is 7.75. The number of esters is 1. The largest absolute Gasteiger partial charge is 0.464 e. The van der Waals surface area contributed by atoms with E-state index >= 15 is 0 Å². The van der Waals surface area contributed by atoms with E-state index in [-0.39, 0.29) is 17.9 Å². The summed E-state index contributed by atoms with van der Waals surface area (Å²) in [5.41, 5.74) is 2.33. The van der Waals surface area contributed by atoms with Crippen LogP contribution in [0.25, 0.3) is 0 Å². The fourth-order valence-corrected chi connectivity index (χ4v) is 3.17. The molecule has 0 heterocycles. The van der Waals surface area contributed by atoms with Crippen LogP contribution in [0.1, 0.15) is 33.6 Å². The normalized spacial score (nSPS) is 23.1. The molecule has 3 atom stereocenters. The zero-order valence-corrected chi connectivity index (χ0v) is 13.1. The van der Waals surface area contributed by atoms with Gasteiger partial charge in [0.2, 0.25) is 0 Å². The quantitative estimate of drug-likeness (QED) is 0.656. The minimum absolute atomic E-state index is 0.145. The molecule has 3 unspecified atom stereocenters. The van der Waals surface area contributed by atoms with E-state index in [1.54, 1.807) is 0 Å². The Morgan fingerprint density at radius 3 is 2.71 bits per heavy atom. The van der Waals surface area contributed by atoms with Gasteiger partial charge in [0.15, 0.2) is 0 Å². The molecule has 0 amide bonds. The van der Waals surface area contributed by atoms with Crippen molar-refractivity contribution in [2.45, 2.75) is 39.7 Å². The van der Waals surface area contributed by atoms with Crippen LogP contribution in [0.5, 0.6) is 0 Å². The van der Waals surface area contributed by atoms with Crippen molar-refractivity contribution < 1.29 is 9.53 Å². The summed E-state index contributed by atoms with van der Waals surface area (Å²) in [6.45, 7) is 6.63. The summed E-state index contributed by atoms with van der Waals surface area (Å²) >= 11 is 0. The average molecular weight is 287 g/mol. The van der Waals surface area contributed by atoms with Gasteiger partial charge in [-0.1, -0.05) is 36.8 Å². The third-order valence-corrected chi connectivity index (χ3v) is 3.94. The van der Waals surface area contributed by atoms with E-state index in [1.807, 2.05) is 37.3 Å². The number of hydrogen-bond donors (Lipinski definition) is 1. The highest BCUT2D eigenvalue weighted by atomic mass is 16.5. The molecule has 3 nitrogen and oxygen atoms in total. The third kappa shape index (κ3) is 4.35. The number of nitrogens with one attached hydrogen (secondary N) is 1. The summed E-state index contributed by atoms with van der Waals surface area (Å²) in [4.78, 5) is 12.4. The van der Waals surface area contributed by atoms with Crippen molar-refractivity contribution in [3.63, 3.8) is 0 Å². The Kier molecular flexibility index (Phi) is 5.43. The lowest BCUT2D eigenvalue weighted by Crippen LogP contribution is -2.40. The number of carbonyl (C=O) groups is 1. The maximum Gasteiger partial charge on any atom is 0.328 e. The van der Waals surface area contributed by atoms with Crippen LogP contribution in [0.4, 0.5) is 5.69 Å². The van der Waals surface area contributed by atoms with Crippen molar-refractivity contribution in [2.24, 2.45) is 11.8 Å². The molecule has 1 aromatic carbocycles. The molecule has 1 aliphatic carbocycles. The molecule has 0 aromatic heterocycles. The molecule has 0 bridgehead atoms. The number of hydrogen-bond acceptors (Lipinski definition) is 3. The van der Waals surface area contributed by atoms with E-state index in [0.29, 0.717) is 12.5 Å². The van der Waals surface area contributed by atoms with Crippen LogP contribution in [-0.2, 0) is 9.53 Å². The molecular formula is C18H25NO2. The Morgan fingerprint density at radius 1 is 1.38 bits per heavy atom. The van der Waals surface area contributed by atoms with Gasteiger partial charge < -0.3 is 10.1 Å². The molecule has 0 fully saturated rings. The Bertz CT molecular complexity index is 495. The lowest BCUT2D eigenvalue weighted by Gasteiger charge is -2.32. The molecule has 2 rings (SSSR count). The van der Waals surface area contributed by atoms with E-state index in [9.17, 15) is 4.79 Å². The van der Waals surface area contributed by atoms with Gasteiger partial charge in [0.1, 0.15) is 6.04 Å². The second-order valence-electron chi connectivity index (χ2n) is 5.93. The number of carbonyl (C=O) groups excluding carboxylic acids is 1. The van der Waals surface area contributed by atoms with Gasteiger partial charge in [-0.05, 0) is 50.7 Å². The number of ether oxygens (including phenoxy) is 1. The van der Waals surface area contributed by atoms with Crippen molar-refractivity contribution in [2.75, 3.05) is 11.9 Å². The van der Waals surface area contributed by atoms with E-state index < -0.39 is 0 Å². The maximum atomic E-state index is 12.4. The molecule has 0 radical (unpaired) electrons. The highest BCUT2D eigenvalue weighted by Crippen LogP contribution is 2.32. The van der Waals surface area contributed by atoms with Gasteiger partial charge in [-0.2, -0.15) is 0 Å². The second-order valence-corrected chi connectivity index (χ2v) is 5.93. The first-order valence-corrected chi connectivity index (χ1v) is 7.75. The number of benzene rings is 1. The maximum absolute atomic E-state index is 12.4. The van der Waals surface area contributed by atoms with Crippen molar-refractivity contribution in [3.8, 4) is 0 Å². The minimum Gasteiger partial charge on any atom is -0.464 e. The summed E-state index contributed by atoms with van der Waals surface area (Å²) in [6.07, 6.45) is 4.27. The van der Waals surface area contributed by atoms with Gasteiger partial charge in [0, 0.05) is 5.69 Å². The molecule has 1 N–H and O–H groups in total. The summed E-state index contributed by atoms with van der Waals surface area (Å²) < 4.78 is 5.28. The zero-order valence-electron chi connectivity index (χ0n) is 13.1. The molecule has 21 heavy (non-hydrogen) atoms. The molecule has 0 saturated carbocycles. The molecule has 114 valence electrons. The Hall–Kier alpha value is -1.77.